The van der Waals surface area contributed by atoms with E-state index in [-0.39, 0.29) is 6.04 Å². The van der Waals surface area contributed by atoms with Crippen molar-refractivity contribution in [3.05, 3.63) is 35.4 Å². The van der Waals surface area contributed by atoms with Gasteiger partial charge in [0.2, 0.25) is 0 Å². The Labute approximate surface area is 110 Å². The molecule has 1 saturated carbocycles. The predicted molar refractivity (Wildman–Crippen MR) is 74.2 cm³/mol. The fraction of sp³-hybridized carbons (Fsp3) is 0.600. The van der Waals surface area contributed by atoms with Crippen LogP contribution in [0.3, 0.4) is 0 Å². The molecule has 100 valence electrons. The highest BCUT2D eigenvalue weighted by molar-refractivity contribution is 5.28. The molecule has 1 aromatic rings. The fourth-order valence-electron chi connectivity index (χ4n) is 2.52. The van der Waals surface area contributed by atoms with E-state index < -0.39 is 0 Å². The smallest absolute Gasteiger partial charge is 0.0462 e. The minimum absolute atomic E-state index is 0.232. The number of methoxy groups -OCH3 is 1. The Balaban J connectivity index is 1.93. The van der Waals surface area contributed by atoms with Crippen LogP contribution in [0.2, 0.25) is 0 Å². The summed E-state index contributed by atoms with van der Waals surface area (Å²) in [5.41, 5.74) is 5.66. The lowest BCUT2D eigenvalue weighted by atomic mass is 9.80. The first-order chi connectivity index (χ1) is 8.85. The van der Waals surface area contributed by atoms with Crippen LogP contribution >= 0.6 is 0 Å². The second-order valence-corrected chi connectivity index (χ2v) is 5.15. The van der Waals surface area contributed by atoms with Crippen molar-refractivity contribution in [3.8, 4) is 0 Å². The second-order valence-electron chi connectivity index (χ2n) is 5.15. The SMILES string of the molecule is COCCCC(NN)c1ccc(C2CCC2)cc1. The van der Waals surface area contributed by atoms with Gasteiger partial charge in [-0.25, -0.2) is 0 Å². The number of nitrogens with two attached hydrogens (primary N) is 1. The summed E-state index contributed by atoms with van der Waals surface area (Å²) >= 11 is 0. The molecule has 1 aromatic carbocycles. The quantitative estimate of drug-likeness (QED) is 0.443. The Morgan fingerprint density at radius 1 is 1.33 bits per heavy atom. The van der Waals surface area contributed by atoms with E-state index in [1.807, 2.05) is 0 Å². The van der Waals surface area contributed by atoms with Gasteiger partial charge in [0, 0.05) is 19.8 Å². The zero-order chi connectivity index (χ0) is 12.8. The van der Waals surface area contributed by atoms with Crippen molar-refractivity contribution < 1.29 is 4.74 Å². The first-order valence-corrected chi connectivity index (χ1v) is 6.90. The maximum absolute atomic E-state index is 5.63. The van der Waals surface area contributed by atoms with Crippen LogP contribution in [0, 0.1) is 0 Å². The van der Waals surface area contributed by atoms with Crippen LogP contribution < -0.4 is 11.3 Å². The second kappa shape index (κ2) is 6.88. The summed E-state index contributed by atoms with van der Waals surface area (Å²) in [5.74, 6) is 6.43. The molecule has 18 heavy (non-hydrogen) atoms. The Kier molecular flexibility index (Phi) is 5.17. The van der Waals surface area contributed by atoms with E-state index in [1.165, 1.54) is 30.4 Å². The molecule has 3 N–H and O–H groups in total. The van der Waals surface area contributed by atoms with Crippen molar-refractivity contribution in [1.82, 2.24) is 5.43 Å². The molecule has 1 unspecified atom stereocenters. The van der Waals surface area contributed by atoms with Gasteiger partial charge in [-0.2, -0.15) is 0 Å². The molecule has 0 bridgehead atoms. The summed E-state index contributed by atoms with van der Waals surface area (Å²) in [5, 5.41) is 0. The first-order valence-electron chi connectivity index (χ1n) is 6.90. The standard InChI is InChI=1S/C15H24N2O/c1-18-11-3-6-15(17-16)14-9-7-13(8-10-14)12-4-2-5-12/h7-10,12,15,17H,2-6,11,16H2,1H3. The minimum Gasteiger partial charge on any atom is -0.385 e. The molecule has 2 rings (SSSR count). The Bertz CT molecular complexity index is 346. The number of rotatable bonds is 7. The number of hydrogen-bond donors (Lipinski definition) is 2. The molecule has 0 aromatic heterocycles. The van der Waals surface area contributed by atoms with Crippen molar-refractivity contribution in [3.63, 3.8) is 0 Å². The largest absolute Gasteiger partial charge is 0.385 e. The zero-order valence-corrected chi connectivity index (χ0v) is 11.2. The van der Waals surface area contributed by atoms with E-state index in [1.54, 1.807) is 7.11 Å². The lowest BCUT2D eigenvalue weighted by Crippen LogP contribution is -2.28. The summed E-state index contributed by atoms with van der Waals surface area (Å²) in [6.45, 7) is 0.790. The van der Waals surface area contributed by atoms with Crippen LogP contribution in [-0.2, 0) is 4.74 Å². The predicted octanol–water partition coefficient (Wildman–Crippen LogP) is 2.89. The molecule has 1 fully saturated rings. The van der Waals surface area contributed by atoms with Crippen LogP contribution in [0.5, 0.6) is 0 Å². The summed E-state index contributed by atoms with van der Waals surface area (Å²) in [6, 6.07) is 9.19. The number of nitrogens with one attached hydrogen (secondary N) is 1. The van der Waals surface area contributed by atoms with Gasteiger partial charge in [0.1, 0.15) is 0 Å². The third-order valence-electron chi connectivity index (χ3n) is 3.96. The van der Waals surface area contributed by atoms with E-state index >= 15 is 0 Å². The number of ether oxygens (including phenoxy) is 1. The Morgan fingerprint density at radius 3 is 2.56 bits per heavy atom. The van der Waals surface area contributed by atoms with Crippen LogP contribution in [0.4, 0.5) is 0 Å². The third-order valence-corrected chi connectivity index (χ3v) is 3.96. The molecule has 0 heterocycles. The molecule has 0 radical (unpaired) electrons. The average molecular weight is 248 g/mol. The highest BCUT2D eigenvalue weighted by Gasteiger charge is 2.19. The van der Waals surface area contributed by atoms with E-state index in [9.17, 15) is 0 Å². The van der Waals surface area contributed by atoms with Gasteiger partial charge in [0.25, 0.3) is 0 Å². The van der Waals surface area contributed by atoms with Crippen molar-refractivity contribution in [1.29, 1.82) is 0 Å². The molecular weight excluding hydrogens is 224 g/mol. The molecule has 1 aliphatic carbocycles. The van der Waals surface area contributed by atoms with E-state index in [2.05, 4.69) is 29.7 Å². The Hall–Kier alpha value is -0.900. The van der Waals surface area contributed by atoms with E-state index in [0.717, 1.165) is 25.4 Å². The molecule has 3 heteroatoms. The highest BCUT2D eigenvalue weighted by atomic mass is 16.5. The summed E-state index contributed by atoms with van der Waals surface area (Å²) in [7, 11) is 1.73. The fourth-order valence-corrected chi connectivity index (χ4v) is 2.52. The maximum Gasteiger partial charge on any atom is 0.0462 e. The Morgan fingerprint density at radius 2 is 2.06 bits per heavy atom. The first kappa shape index (κ1) is 13.5. The van der Waals surface area contributed by atoms with Crippen LogP contribution in [0.1, 0.15) is 55.2 Å². The topological polar surface area (TPSA) is 47.3 Å². The van der Waals surface area contributed by atoms with E-state index in [0.29, 0.717) is 0 Å². The van der Waals surface area contributed by atoms with Gasteiger partial charge in [0.15, 0.2) is 0 Å². The van der Waals surface area contributed by atoms with Crippen LogP contribution in [-0.4, -0.2) is 13.7 Å². The average Bonchev–Trinajstić information content (AvgIpc) is 2.34. The highest BCUT2D eigenvalue weighted by Crippen LogP contribution is 2.36. The molecule has 0 spiro atoms. The van der Waals surface area contributed by atoms with E-state index in [4.69, 9.17) is 10.6 Å². The summed E-state index contributed by atoms with van der Waals surface area (Å²) < 4.78 is 5.08. The van der Waals surface area contributed by atoms with Gasteiger partial charge in [0.05, 0.1) is 0 Å². The summed E-state index contributed by atoms with van der Waals surface area (Å²) in [6.07, 6.45) is 6.12. The molecule has 0 saturated heterocycles. The lowest BCUT2D eigenvalue weighted by molar-refractivity contribution is 0.189. The molecular formula is C15H24N2O. The van der Waals surface area contributed by atoms with Crippen LogP contribution in [0.15, 0.2) is 24.3 Å². The normalized spacial score (nSPS) is 17.4. The monoisotopic (exact) mass is 248 g/mol. The van der Waals surface area contributed by atoms with Gasteiger partial charge in [-0.3, -0.25) is 11.3 Å². The van der Waals surface area contributed by atoms with Crippen molar-refractivity contribution >= 4 is 0 Å². The van der Waals surface area contributed by atoms with Gasteiger partial charge in [-0.15, -0.1) is 0 Å². The molecule has 1 atom stereocenters. The molecule has 0 aliphatic heterocycles. The number of hydrogen-bond acceptors (Lipinski definition) is 3. The summed E-state index contributed by atoms with van der Waals surface area (Å²) in [4.78, 5) is 0. The molecule has 0 amide bonds. The van der Waals surface area contributed by atoms with Crippen LogP contribution in [0.25, 0.3) is 0 Å². The van der Waals surface area contributed by atoms with Crippen molar-refractivity contribution in [2.45, 2.75) is 44.1 Å². The molecule has 1 aliphatic rings. The van der Waals surface area contributed by atoms with Crippen molar-refractivity contribution in [2.24, 2.45) is 5.84 Å². The lowest BCUT2D eigenvalue weighted by Gasteiger charge is -2.26. The van der Waals surface area contributed by atoms with Crippen molar-refractivity contribution in [2.75, 3.05) is 13.7 Å². The van der Waals surface area contributed by atoms with Gasteiger partial charge in [-0.05, 0) is 42.7 Å². The maximum atomic E-state index is 5.63. The van der Waals surface area contributed by atoms with Gasteiger partial charge >= 0.3 is 0 Å². The number of benzene rings is 1. The van der Waals surface area contributed by atoms with Gasteiger partial charge < -0.3 is 4.74 Å². The van der Waals surface area contributed by atoms with Gasteiger partial charge in [-0.1, -0.05) is 30.7 Å². The zero-order valence-electron chi connectivity index (χ0n) is 11.2. The molecule has 3 nitrogen and oxygen atoms in total. The number of hydrazine groups is 1. The minimum atomic E-state index is 0.232. The third kappa shape index (κ3) is 3.31.